The Morgan fingerprint density at radius 1 is 1.17 bits per heavy atom. The predicted molar refractivity (Wildman–Crippen MR) is 86.6 cm³/mol. The molecular formula is C18H26F3NO2. The van der Waals surface area contributed by atoms with Crippen molar-refractivity contribution in [1.82, 2.24) is 5.32 Å². The summed E-state index contributed by atoms with van der Waals surface area (Å²) >= 11 is 0. The van der Waals surface area contributed by atoms with Crippen LogP contribution in [0.25, 0.3) is 0 Å². The summed E-state index contributed by atoms with van der Waals surface area (Å²) in [4.78, 5) is 0. The van der Waals surface area contributed by atoms with Crippen LogP contribution in [0.2, 0.25) is 0 Å². The first-order valence-corrected chi connectivity index (χ1v) is 8.37. The summed E-state index contributed by atoms with van der Waals surface area (Å²) in [5, 5.41) is 13.2. The van der Waals surface area contributed by atoms with Crippen LogP contribution in [-0.4, -0.2) is 31.5 Å². The number of alkyl halides is 3. The lowest BCUT2D eigenvalue weighted by molar-refractivity contribution is -0.137. The quantitative estimate of drug-likeness (QED) is 0.824. The second-order valence-electron chi connectivity index (χ2n) is 6.99. The van der Waals surface area contributed by atoms with E-state index in [0.29, 0.717) is 19.8 Å². The van der Waals surface area contributed by atoms with E-state index in [0.717, 1.165) is 30.5 Å². The zero-order chi connectivity index (χ0) is 17.8. The maximum atomic E-state index is 12.7. The fourth-order valence-corrected chi connectivity index (χ4v) is 3.14. The van der Waals surface area contributed by atoms with Gasteiger partial charge in [0.15, 0.2) is 0 Å². The molecule has 0 radical (unpaired) electrons. The Kier molecular flexibility index (Phi) is 6.28. The molecular weight excluding hydrogens is 319 g/mol. The number of benzene rings is 1. The summed E-state index contributed by atoms with van der Waals surface area (Å²) in [5.41, 5.74) is -0.0136. The smallest absolute Gasteiger partial charge is 0.396 e. The number of rotatable bonds is 6. The first-order chi connectivity index (χ1) is 11.3. The normalized spacial score (nSPS) is 19.5. The van der Waals surface area contributed by atoms with Crippen LogP contribution >= 0.6 is 0 Å². The lowest BCUT2D eigenvalue weighted by Gasteiger charge is -2.37. The van der Waals surface area contributed by atoms with E-state index >= 15 is 0 Å². The highest BCUT2D eigenvalue weighted by Gasteiger charge is 2.33. The molecule has 1 aliphatic rings. The summed E-state index contributed by atoms with van der Waals surface area (Å²) < 4.78 is 43.5. The van der Waals surface area contributed by atoms with Crippen molar-refractivity contribution in [3.63, 3.8) is 0 Å². The summed E-state index contributed by atoms with van der Waals surface area (Å²) in [6.45, 7) is 6.04. The van der Waals surface area contributed by atoms with Crippen LogP contribution in [0.3, 0.4) is 0 Å². The van der Waals surface area contributed by atoms with Gasteiger partial charge in [-0.3, -0.25) is 0 Å². The molecule has 136 valence electrons. The first-order valence-electron chi connectivity index (χ1n) is 8.37. The molecule has 1 aromatic carbocycles. The van der Waals surface area contributed by atoms with Gasteiger partial charge < -0.3 is 15.2 Å². The van der Waals surface area contributed by atoms with Gasteiger partial charge in [0.05, 0.1) is 12.2 Å². The van der Waals surface area contributed by atoms with Gasteiger partial charge >= 0.3 is 6.18 Å². The minimum atomic E-state index is -4.32. The van der Waals surface area contributed by atoms with Gasteiger partial charge in [-0.05, 0) is 36.5 Å². The van der Waals surface area contributed by atoms with Crippen LogP contribution < -0.4 is 5.32 Å². The molecule has 0 aliphatic carbocycles. The van der Waals surface area contributed by atoms with E-state index < -0.39 is 11.7 Å². The fourth-order valence-electron chi connectivity index (χ4n) is 3.14. The van der Waals surface area contributed by atoms with Gasteiger partial charge in [0.25, 0.3) is 0 Å². The molecule has 1 fully saturated rings. The van der Waals surface area contributed by atoms with Crippen LogP contribution in [0.5, 0.6) is 0 Å². The fraction of sp³-hybridized carbons (Fsp3) is 0.667. The third kappa shape index (κ3) is 4.71. The zero-order valence-corrected chi connectivity index (χ0v) is 14.2. The average molecular weight is 345 g/mol. The van der Waals surface area contributed by atoms with Gasteiger partial charge in [0, 0.05) is 31.2 Å². The molecule has 0 saturated carbocycles. The Morgan fingerprint density at radius 3 is 2.21 bits per heavy atom. The van der Waals surface area contributed by atoms with E-state index in [1.54, 1.807) is 0 Å². The molecule has 24 heavy (non-hydrogen) atoms. The number of aliphatic hydroxyl groups is 1. The highest BCUT2D eigenvalue weighted by atomic mass is 19.4. The summed E-state index contributed by atoms with van der Waals surface area (Å²) in [6.07, 6.45) is -2.75. The molecule has 0 spiro atoms. The van der Waals surface area contributed by atoms with Gasteiger partial charge in [-0.1, -0.05) is 26.0 Å². The SMILES string of the molecule is CC(C)C(NCC1(CO)CCOCC1)c1ccc(C(F)(F)F)cc1. The van der Waals surface area contributed by atoms with Crippen molar-refractivity contribution >= 4 is 0 Å². The number of hydrogen-bond donors (Lipinski definition) is 2. The maximum Gasteiger partial charge on any atom is 0.416 e. The van der Waals surface area contributed by atoms with Gasteiger partial charge in [0.1, 0.15) is 0 Å². The lowest BCUT2D eigenvalue weighted by Crippen LogP contribution is -2.43. The van der Waals surface area contributed by atoms with Gasteiger partial charge in [0.2, 0.25) is 0 Å². The highest BCUT2D eigenvalue weighted by Crippen LogP contribution is 2.33. The topological polar surface area (TPSA) is 41.5 Å². The molecule has 1 heterocycles. The summed E-state index contributed by atoms with van der Waals surface area (Å²) in [7, 11) is 0. The van der Waals surface area contributed by atoms with Gasteiger partial charge in [-0.2, -0.15) is 13.2 Å². The van der Waals surface area contributed by atoms with E-state index in [1.165, 1.54) is 12.1 Å². The van der Waals surface area contributed by atoms with E-state index in [-0.39, 0.29) is 24.0 Å². The zero-order valence-electron chi connectivity index (χ0n) is 14.2. The molecule has 0 bridgehead atoms. The van der Waals surface area contributed by atoms with Crippen molar-refractivity contribution in [1.29, 1.82) is 0 Å². The molecule has 0 amide bonds. The molecule has 2 rings (SSSR count). The van der Waals surface area contributed by atoms with Crippen LogP contribution in [0.15, 0.2) is 24.3 Å². The van der Waals surface area contributed by atoms with E-state index in [4.69, 9.17) is 4.74 Å². The molecule has 0 aromatic heterocycles. The van der Waals surface area contributed by atoms with E-state index in [9.17, 15) is 18.3 Å². The van der Waals surface area contributed by atoms with Crippen molar-refractivity contribution in [2.24, 2.45) is 11.3 Å². The molecule has 1 atom stereocenters. The van der Waals surface area contributed by atoms with Crippen molar-refractivity contribution in [2.45, 2.75) is 38.9 Å². The van der Waals surface area contributed by atoms with Crippen LogP contribution in [0.4, 0.5) is 13.2 Å². The number of ether oxygens (including phenoxy) is 1. The Hall–Kier alpha value is -1.11. The average Bonchev–Trinajstić information content (AvgIpc) is 2.55. The number of aliphatic hydroxyl groups excluding tert-OH is 1. The molecule has 1 aromatic rings. The largest absolute Gasteiger partial charge is 0.416 e. The Bertz CT molecular complexity index is 508. The third-order valence-electron chi connectivity index (χ3n) is 4.85. The third-order valence-corrected chi connectivity index (χ3v) is 4.85. The summed E-state index contributed by atoms with van der Waals surface area (Å²) in [5.74, 6) is 0.220. The monoisotopic (exact) mass is 345 g/mol. The molecule has 3 nitrogen and oxygen atoms in total. The van der Waals surface area contributed by atoms with Crippen molar-refractivity contribution in [2.75, 3.05) is 26.4 Å². The van der Waals surface area contributed by atoms with Crippen LogP contribution in [0.1, 0.15) is 43.9 Å². The second kappa shape index (κ2) is 7.85. The van der Waals surface area contributed by atoms with E-state index in [2.05, 4.69) is 5.32 Å². The Labute approximate surface area is 141 Å². The number of hydrogen-bond acceptors (Lipinski definition) is 3. The molecule has 1 aliphatic heterocycles. The minimum absolute atomic E-state index is 0.0569. The molecule has 6 heteroatoms. The van der Waals surface area contributed by atoms with Crippen LogP contribution in [-0.2, 0) is 10.9 Å². The maximum absolute atomic E-state index is 12.7. The van der Waals surface area contributed by atoms with Gasteiger partial charge in [-0.15, -0.1) is 0 Å². The number of nitrogens with one attached hydrogen (secondary N) is 1. The van der Waals surface area contributed by atoms with Gasteiger partial charge in [-0.25, -0.2) is 0 Å². The van der Waals surface area contributed by atoms with Crippen molar-refractivity contribution in [3.8, 4) is 0 Å². The summed E-state index contributed by atoms with van der Waals surface area (Å²) in [6, 6.07) is 5.27. The van der Waals surface area contributed by atoms with E-state index in [1.807, 2.05) is 13.8 Å². The van der Waals surface area contributed by atoms with Crippen molar-refractivity contribution < 1.29 is 23.0 Å². The van der Waals surface area contributed by atoms with Crippen molar-refractivity contribution in [3.05, 3.63) is 35.4 Å². The Morgan fingerprint density at radius 2 is 1.75 bits per heavy atom. The first kappa shape index (κ1) is 19.2. The molecule has 2 N–H and O–H groups in total. The second-order valence-corrected chi connectivity index (χ2v) is 6.99. The molecule has 1 saturated heterocycles. The molecule has 1 unspecified atom stereocenters. The minimum Gasteiger partial charge on any atom is -0.396 e. The lowest BCUT2D eigenvalue weighted by atomic mass is 9.80. The van der Waals surface area contributed by atoms with Crippen LogP contribution in [0, 0.1) is 11.3 Å². The standard InChI is InChI=1S/C18H26F3NO2/c1-13(2)16(14-3-5-15(6-4-14)18(19,20)21)22-11-17(12-23)7-9-24-10-8-17/h3-6,13,16,22-23H,7-12H2,1-2H3. The number of halogens is 3. The predicted octanol–water partition coefficient (Wildman–Crippen LogP) is 3.78. The Balaban J connectivity index is 2.09. The highest BCUT2D eigenvalue weighted by molar-refractivity contribution is 5.27.